The lowest BCUT2D eigenvalue weighted by Gasteiger charge is -2.01. The number of nitrogens with zero attached hydrogens (tertiary/aromatic N) is 1. The Labute approximate surface area is 60.9 Å². The molecule has 1 rings (SSSR count). The van der Waals surface area contributed by atoms with Gasteiger partial charge < -0.3 is 4.74 Å². The Morgan fingerprint density at radius 1 is 1.50 bits per heavy atom. The van der Waals surface area contributed by atoms with Crippen LogP contribution in [-0.4, -0.2) is 11.6 Å². The van der Waals surface area contributed by atoms with Crippen LogP contribution in [0.2, 0.25) is 0 Å². The molecule has 0 saturated heterocycles. The second-order valence-corrected chi connectivity index (χ2v) is 2.13. The smallest absolute Gasteiger partial charge is 0.137 e. The third-order valence-electron chi connectivity index (χ3n) is 1.16. The summed E-state index contributed by atoms with van der Waals surface area (Å²) in [5.41, 5.74) is 1.13. The molecule has 0 aliphatic rings. The van der Waals surface area contributed by atoms with E-state index < -0.39 is 0 Å². The molecule has 10 heavy (non-hydrogen) atoms. The van der Waals surface area contributed by atoms with Crippen LogP contribution in [0.5, 0.6) is 5.75 Å². The van der Waals surface area contributed by atoms with Gasteiger partial charge in [-0.1, -0.05) is 0 Å². The predicted octanol–water partition coefficient (Wildman–Crippen LogP) is 1.79. The first kappa shape index (κ1) is 7.06. The fourth-order valence-corrected chi connectivity index (χ4v) is 0.773. The number of hydrogen-bond donors (Lipinski definition) is 0. The summed E-state index contributed by atoms with van der Waals surface area (Å²) in [5, 5.41) is 0. The predicted molar refractivity (Wildman–Crippen MR) is 40.1 cm³/mol. The van der Waals surface area contributed by atoms with E-state index in [4.69, 9.17) is 4.74 Å². The van der Waals surface area contributed by atoms with Crippen molar-refractivity contribution in [1.29, 1.82) is 0 Å². The van der Waals surface area contributed by atoms with E-state index in [1.165, 1.54) is 0 Å². The van der Waals surface area contributed by atoms with Crippen LogP contribution < -0.4 is 4.74 Å². The lowest BCUT2D eigenvalue weighted by Crippen LogP contribution is -1.91. The van der Waals surface area contributed by atoms with E-state index in [-0.39, 0.29) is 0 Å². The van der Waals surface area contributed by atoms with Gasteiger partial charge in [-0.15, -0.1) is 0 Å². The second kappa shape index (κ2) is 3.20. The average molecular weight is 137 g/mol. The molecular formula is C8H11NO. The standard InChI is InChI=1S/C8H11NO/c1-3-10-8-4-7(2)5-9-6-8/h4-6H,3H2,1-2H3. The molecule has 0 atom stereocenters. The maximum absolute atomic E-state index is 5.22. The molecule has 0 saturated carbocycles. The second-order valence-electron chi connectivity index (χ2n) is 2.13. The van der Waals surface area contributed by atoms with Crippen LogP contribution in [0.1, 0.15) is 12.5 Å². The summed E-state index contributed by atoms with van der Waals surface area (Å²) >= 11 is 0. The average Bonchev–Trinajstić information content (AvgIpc) is 1.88. The summed E-state index contributed by atoms with van der Waals surface area (Å²) in [6.45, 7) is 4.66. The number of rotatable bonds is 2. The largest absolute Gasteiger partial charge is 0.492 e. The van der Waals surface area contributed by atoms with Crippen molar-refractivity contribution >= 4 is 0 Å². The van der Waals surface area contributed by atoms with Gasteiger partial charge in [0.15, 0.2) is 0 Å². The SMILES string of the molecule is CCOc1cncc(C)c1. The van der Waals surface area contributed by atoms with E-state index in [0.29, 0.717) is 6.61 Å². The van der Waals surface area contributed by atoms with Gasteiger partial charge in [0.1, 0.15) is 5.75 Å². The van der Waals surface area contributed by atoms with Crippen molar-refractivity contribution in [2.24, 2.45) is 0 Å². The summed E-state index contributed by atoms with van der Waals surface area (Å²) in [7, 11) is 0. The molecule has 0 spiro atoms. The molecule has 0 fully saturated rings. The number of ether oxygens (including phenoxy) is 1. The molecule has 0 aliphatic heterocycles. The van der Waals surface area contributed by atoms with Gasteiger partial charge >= 0.3 is 0 Å². The third-order valence-corrected chi connectivity index (χ3v) is 1.16. The van der Waals surface area contributed by atoms with Crippen LogP contribution in [0.4, 0.5) is 0 Å². The molecule has 0 bridgehead atoms. The topological polar surface area (TPSA) is 22.1 Å². The van der Waals surface area contributed by atoms with Gasteiger partial charge in [0.2, 0.25) is 0 Å². The first-order valence-corrected chi connectivity index (χ1v) is 3.37. The Hall–Kier alpha value is -1.05. The van der Waals surface area contributed by atoms with Gasteiger partial charge in [-0.2, -0.15) is 0 Å². The zero-order valence-electron chi connectivity index (χ0n) is 6.29. The van der Waals surface area contributed by atoms with Crippen molar-refractivity contribution in [3.8, 4) is 5.75 Å². The highest BCUT2D eigenvalue weighted by atomic mass is 16.5. The molecule has 2 heteroatoms. The van der Waals surface area contributed by atoms with E-state index in [2.05, 4.69) is 4.98 Å². The number of aryl methyl sites for hydroxylation is 1. The van der Waals surface area contributed by atoms with Crippen molar-refractivity contribution in [1.82, 2.24) is 4.98 Å². The fourth-order valence-electron chi connectivity index (χ4n) is 0.773. The molecule has 2 nitrogen and oxygen atoms in total. The first-order valence-electron chi connectivity index (χ1n) is 3.37. The van der Waals surface area contributed by atoms with Crippen LogP contribution in [-0.2, 0) is 0 Å². The molecule has 54 valence electrons. The van der Waals surface area contributed by atoms with E-state index in [1.807, 2.05) is 26.1 Å². The molecule has 0 aliphatic carbocycles. The Morgan fingerprint density at radius 3 is 2.90 bits per heavy atom. The summed E-state index contributed by atoms with van der Waals surface area (Å²) in [5.74, 6) is 0.850. The number of aromatic nitrogens is 1. The zero-order chi connectivity index (χ0) is 7.40. The minimum atomic E-state index is 0.700. The summed E-state index contributed by atoms with van der Waals surface area (Å²) < 4.78 is 5.22. The van der Waals surface area contributed by atoms with Gasteiger partial charge in [-0.05, 0) is 25.5 Å². The van der Waals surface area contributed by atoms with E-state index >= 15 is 0 Å². The maximum Gasteiger partial charge on any atom is 0.137 e. The van der Waals surface area contributed by atoms with Crippen molar-refractivity contribution in [2.75, 3.05) is 6.61 Å². The van der Waals surface area contributed by atoms with Crippen molar-refractivity contribution in [3.63, 3.8) is 0 Å². The summed E-state index contributed by atoms with van der Waals surface area (Å²) in [4.78, 5) is 3.98. The molecular weight excluding hydrogens is 126 g/mol. The summed E-state index contributed by atoms with van der Waals surface area (Å²) in [6, 6.07) is 1.97. The van der Waals surface area contributed by atoms with Gasteiger partial charge in [-0.25, -0.2) is 0 Å². The first-order chi connectivity index (χ1) is 4.83. The Morgan fingerprint density at radius 2 is 2.30 bits per heavy atom. The highest BCUT2D eigenvalue weighted by Gasteiger charge is 1.90. The van der Waals surface area contributed by atoms with E-state index in [0.717, 1.165) is 11.3 Å². The normalized spacial score (nSPS) is 9.40. The van der Waals surface area contributed by atoms with Gasteiger partial charge in [-0.3, -0.25) is 4.98 Å². The zero-order valence-corrected chi connectivity index (χ0v) is 6.29. The lowest BCUT2D eigenvalue weighted by molar-refractivity contribution is 0.338. The van der Waals surface area contributed by atoms with Crippen LogP contribution in [0.15, 0.2) is 18.5 Å². The van der Waals surface area contributed by atoms with Crippen molar-refractivity contribution in [2.45, 2.75) is 13.8 Å². The number of hydrogen-bond acceptors (Lipinski definition) is 2. The lowest BCUT2D eigenvalue weighted by atomic mass is 10.3. The van der Waals surface area contributed by atoms with Crippen LogP contribution in [0.25, 0.3) is 0 Å². The Kier molecular flexibility index (Phi) is 2.26. The highest BCUT2D eigenvalue weighted by molar-refractivity contribution is 5.21. The summed E-state index contributed by atoms with van der Waals surface area (Å²) in [6.07, 6.45) is 3.53. The van der Waals surface area contributed by atoms with Gasteiger partial charge in [0.25, 0.3) is 0 Å². The van der Waals surface area contributed by atoms with Crippen molar-refractivity contribution < 1.29 is 4.74 Å². The molecule has 0 N–H and O–H groups in total. The van der Waals surface area contributed by atoms with Crippen LogP contribution in [0.3, 0.4) is 0 Å². The molecule has 1 heterocycles. The minimum Gasteiger partial charge on any atom is -0.492 e. The fraction of sp³-hybridized carbons (Fsp3) is 0.375. The van der Waals surface area contributed by atoms with Crippen molar-refractivity contribution in [3.05, 3.63) is 24.0 Å². The minimum absolute atomic E-state index is 0.700. The Bertz CT molecular complexity index is 210. The monoisotopic (exact) mass is 137 g/mol. The van der Waals surface area contributed by atoms with E-state index in [9.17, 15) is 0 Å². The van der Waals surface area contributed by atoms with Crippen LogP contribution in [0, 0.1) is 6.92 Å². The molecule has 1 aromatic heterocycles. The molecule has 0 amide bonds. The van der Waals surface area contributed by atoms with E-state index in [1.54, 1.807) is 6.20 Å². The third kappa shape index (κ3) is 1.72. The molecule has 0 unspecified atom stereocenters. The number of pyridine rings is 1. The highest BCUT2D eigenvalue weighted by Crippen LogP contribution is 2.09. The molecule has 0 aromatic carbocycles. The van der Waals surface area contributed by atoms with Gasteiger partial charge in [0.05, 0.1) is 12.8 Å². The Balaban J connectivity index is 2.75. The van der Waals surface area contributed by atoms with Gasteiger partial charge in [0, 0.05) is 6.20 Å². The van der Waals surface area contributed by atoms with Crippen LogP contribution >= 0.6 is 0 Å². The quantitative estimate of drug-likeness (QED) is 0.620. The maximum atomic E-state index is 5.22. The molecule has 0 radical (unpaired) electrons. The molecule has 1 aromatic rings.